The number of carbonyl (C=O) groups is 1. The summed E-state index contributed by atoms with van der Waals surface area (Å²) in [6, 6.07) is 35.0. The summed E-state index contributed by atoms with van der Waals surface area (Å²) >= 11 is 0. The Hall–Kier alpha value is -3.86. The van der Waals surface area contributed by atoms with E-state index in [2.05, 4.69) is 63.5 Å². The number of aryl methyl sites for hydroxylation is 1. The van der Waals surface area contributed by atoms with Gasteiger partial charge in [-0.2, -0.15) is 4.72 Å². The predicted octanol–water partition coefficient (Wildman–Crippen LogP) is 4.38. The topological polar surface area (TPSA) is 119 Å². The third-order valence-corrected chi connectivity index (χ3v) is 9.02. The lowest BCUT2D eigenvalue weighted by Crippen LogP contribution is -2.52. The van der Waals surface area contributed by atoms with Gasteiger partial charge in [0.25, 0.3) is 0 Å². The van der Waals surface area contributed by atoms with Crippen molar-refractivity contribution in [3.05, 3.63) is 138 Å². The summed E-state index contributed by atoms with van der Waals surface area (Å²) in [4.78, 5) is 13.7. The van der Waals surface area contributed by atoms with Gasteiger partial charge in [0.15, 0.2) is 0 Å². The fourth-order valence-corrected chi connectivity index (χ4v) is 6.26. The van der Waals surface area contributed by atoms with Crippen LogP contribution in [0.2, 0.25) is 0 Å². The number of hydrogen-bond acceptors (Lipinski definition) is 6. The molecule has 232 valence electrons. The van der Waals surface area contributed by atoms with E-state index < -0.39 is 22.0 Å². The van der Waals surface area contributed by atoms with Gasteiger partial charge in [-0.3, -0.25) is 9.69 Å². The van der Waals surface area contributed by atoms with Gasteiger partial charge >= 0.3 is 5.97 Å². The number of nitrogens with zero attached hydrogens (tertiary/aromatic N) is 1. The quantitative estimate of drug-likeness (QED) is 0.198. The molecule has 1 fully saturated rings. The number of likely N-dealkylation sites (tertiary alicyclic amines) is 1. The van der Waals surface area contributed by atoms with E-state index in [1.807, 2.05) is 25.1 Å². The normalized spacial score (nSPS) is 17.7. The molecule has 1 aliphatic rings. The Balaban J connectivity index is 0.000000201. The van der Waals surface area contributed by atoms with E-state index in [1.54, 1.807) is 36.4 Å². The molecule has 1 aliphatic heterocycles. The average Bonchev–Trinajstić information content (AvgIpc) is 3.02. The molecular formula is C35H41N3O5S. The maximum absolute atomic E-state index is 12.3. The lowest BCUT2D eigenvalue weighted by molar-refractivity contribution is -0.138. The zero-order chi connectivity index (χ0) is 31.4. The Kier molecular flexibility index (Phi) is 12.2. The van der Waals surface area contributed by atoms with Crippen molar-refractivity contribution in [3.8, 4) is 0 Å². The molecule has 0 saturated carbocycles. The molecule has 4 N–H and O–H groups in total. The summed E-state index contributed by atoms with van der Waals surface area (Å²) in [6.45, 7) is 5.35. The fraction of sp³-hybridized carbons (Fsp3) is 0.286. The lowest BCUT2D eigenvalue weighted by atomic mass is 10.0. The largest absolute Gasteiger partial charge is 0.480 e. The van der Waals surface area contributed by atoms with Crippen LogP contribution < -0.4 is 10.0 Å². The minimum atomic E-state index is -3.87. The first-order valence-electron chi connectivity index (χ1n) is 14.8. The van der Waals surface area contributed by atoms with Crippen LogP contribution in [0.5, 0.6) is 0 Å². The highest BCUT2D eigenvalue weighted by Gasteiger charge is 2.27. The number of rotatable bonds is 11. The van der Waals surface area contributed by atoms with Crippen LogP contribution in [0.3, 0.4) is 0 Å². The molecule has 0 aliphatic carbocycles. The van der Waals surface area contributed by atoms with E-state index in [9.17, 15) is 23.4 Å². The van der Waals surface area contributed by atoms with Crippen LogP contribution in [-0.2, 0) is 34.3 Å². The van der Waals surface area contributed by atoms with Gasteiger partial charge in [0, 0.05) is 32.2 Å². The highest BCUT2D eigenvalue weighted by atomic mass is 32.2. The molecule has 1 heterocycles. The third-order valence-electron chi connectivity index (χ3n) is 7.54. The molecule has 0 amide bonds. The number of aliphatic carboxylic acids is 1. The monoisotopic (exact) mass is 615 g/mol. The molecule has 3 atom stereocenters. The molecule has 44 heavy (non-hydrogen) atoms. The van der Waals surface area contributed by atoms with E-state index in [-0.39, 0.29) is 23.5 Å². The molecule has 8 nitrogen and oxygen atoms in total. The number of nitrogens with one attached hydrogen (secondary N) is 2. The van der Waals surface area contributed by atoms with Crippen LogP contribution in [0, 0.1) is 6.92 Å². The van der Waals surface area contributed by atoms with Crippen molar-refractivity contribution in [3.63, 3.8) is 0 Å². The average molecular weight is 616 g/mol. The standard InChI is InChI=1S/C19H24N2O.C16H17NO4S/c22-19-15-21(14-17-9-5-2-6-10-17)12-11-18(19)20-13-16-7-3-1-4-8-16;1-12-7-9-14(10-8-12)22(20,21)17-15(16(18)19)11-13-5-3-2-4-6-13/h1-10,18-20,22H,11-15H2;2-10,15,17H,11H2,1H3,(H,18,19)/t18-,19-;15-/m00/s1. The van der Waals surface area contributed by atoms with Crippen LogP contribution in [0.15, 0.2) is 120 Å². The maximum Gasteiger partial charge on any atom is 0.322 e. The van der Waals surface area contributed by atoms with Crippen LogP contribution in [0.1, 0.15) is 28.7 Å². The summed E-state index contributed by atoms with van der Waals surface area (Å²) in [6.07, 6.45) is 0.767. The summed E-state index contributed by atoms with van der Waals surface area (Å²) in [5, 5.41) is 23.1. The fourth-order valence-electron chi connectivity index (χ4n) is 5.07. The van der Waals surface area contributed by atoms with Gasteiger partial charge in [-0.05, 0) is 48.6 Å². The number of carboxylic acid groups (broad SMARTS) is 1. The smallest absolute Gasteiger partial charge is 0.322 e. The number of benzene rings is 4. The minimum Gasteiger partial charge on any atom is -0.480 e. The number of hydrogen-bond donors (Lipinski definition) is 4. The summed E-state index contributed by atoms with van der Waals surface area (Å²) in [7, 11) is -3.87. The van der Waals surface area contributed by atoms with Gasteiger partial charge in [0.2, 0.25) is 10.0 Å². The zero-order valence-corrected chi connectivity index (χ0v) is 25.7. The molecule has 0 bridgehead atoms. The van der Waals surface area contributed by atoms with Gasteiger partial charge in [-0.15, -0.1) is 0 Å². The molecule has 0 radical (unpaired) electrons. The van der Waals surface area contributed by atoms with Crippen LogP contribution in [0.25, 0.3) is 0 Å². The van der Waals surface area contributed by atoms with Gasteiger partial charge in [-0.25, -0.2) is 8.42 Å². The summed E-state index contributed by atoms with van der Waals surface area (Å²) < 4.78 is 26.8. The highest BCUT2D eigenvalue weighted by molar-refractivity contribution is 7.89. The first-order valence-corrected chi connectivity index (χ1v) is 16.3. The van der Waals surface area contributed by atoms with Gasteiger partial charge < -0.3 is 15.5 Å². The van der Waals surface area contributed by atoms with Gasteiger partial charge in [0.1, 0.15) is 6.04 Å². The van der Waals surface area contributed by atoms with Crippen molar-refractivity contribution in [2.24, 2.45) is 0 Å². The Morgan fingerprint density at radius 3 is 1.93 bits per heavy atom. The second kappa shape index (κ2) is 16.3. The number of aliphatic hydroxyl groups excluding tert-OH is 1. The Bertz CT molecular complexity index is 1540. The van der Waals surface area contributed by atoms with Crippen LogP contribution >= 0.6 is 0 Å². The third kappa shape index (κ3) is 10.4. The molecule has 5 rings (SSSR count). The molecule has 9 heteroatoms. The van der Waals surface area contributed by atoms with Crippen molar-refractivity contribution < 1.29 is 23.4 Å². The first kappa shape index (κ1) is 33.0. The summed E-state index contributed by atoms with van der Waals surface area (Å²) in [5.74, 6) is -1.21. The molecular weight excluding hydrogens is 574 g/mol. The highest BCUT2D eigenvalue weighted by Crippen LogP contribution is 2.16. The van der Waals surface area contributed by atoms with Gasteiger partial charge in [0.05, 0.1) is 11.0 Å². The molecule has 0 unspecified atom stereocenters. The number of carboxylic acids is 1. The van der Waals surface area contributed by atoms with Crippen molar-refractivity contribution in [1.82, 2.24) is 14.9 Å². The zero-order valence-electron chi connectivity index (χ0n) is 24.9. The Labute approximate surface area is 260 Å². The number of sulfonamides is 1. The van der Waals surface area contributed by atoms with Crippen molar-refractivity contribution in [1.29, 1.82) is 0 Å². The van der Waals surface area contributed by atoms with E-state index >= 15 is 0 Å². The second-order valence-electron chi connectivity index (χ2n) is 11.1. The van der Waals surface area contributed by atoms with Gasteiger partial charge in [-0.1, -0.05) is 109 Å². The molecule has 0 aromatic heterocycles. The number of piperidine rings is 1. The first-order chi connectivity index (χ1) is 21.2. The second-order valence-corrected chi connectivity index (χ2v) is 12.8. The predicted molar refractivity (Wildman–Crippen MR) is 172 cm³/mol. The van der Waals surface area contributed by atoms with E-state index in [0.717, 1.165) is 43.7 Å². The Morgan fingerprint density at radius 2 is 1.39 bits per heavy atom. The molecule has 4 aromatic rings. The molecule has 0 spiro atoms. The minimum absolute atomic E-state index is 0.0532. The van der Waals surface area contributed by atoms with E-state index in [0.29, 0.717) is 0 Å². The number of aliphatic hydroxyl groups is 1. The Morgan fingerprint density at radius 1 is 0.841 bits per heavy atom. The molecule has 4 aromatic carbocycles. The van der Waals surface area contributed by atoms with Crippen LogP contribution in [0.4, 0.5) is 0 Å². The van der Waals surface area contributed by atoms with Crippen molar-refractivity contribution in [2.75, 3.05) is 13.1 Å². The van der Waals surface area contributed by atoms with Crippen molar-refractivity contribution in [2.45, 2.75) is 55.9 Å². The van der Waals surface area contributed by atoms with E-state index in [1.165, 1.54) is 23.3 Å². The van der Waals surface area contributed by atoms with Crippen molar-refractivity contribution >= 4 is 16.0 Å². The molecule has 1 saturated heterocycles. The lowest BCUT2D eigenvalue weighted by Gasteiger charge is -2.36. The SMILES string of the molecule is Cc1ccc(S(=O)(=O)N[C@@H](Cc2ccccc2)C(=O)O)cc1.O[C@H]1CN(Cc2ccccc2)CC[C@@H]1NCc1ccccc1. The maximum atomic E-state index is 12.3. The van der Waals surface area contributed by atoms with E-state index in [4.69, 9.17) is 0 Å². The summed E-state index contributed by atoms with van der Waals surface area (Å²) in [5.41, 5.74) is 4.26. The van der Waals surface area contributed by atoms with Crippen LogP contribution in [-0.4, -0.2) is 60.8 Å². The number of β-amino-alcohol motifs (C(OH)–C–C–N with tert-alkyl or cyclic N) is 1.